The van der Waals surface area contributed by atoms with E-state index in [2.05, 4.69) is 10.3 Å². The van der Waals surface area contributed by atoms with Crippen LogP contribution in [0.2, 0.25) is 0 Å². The zero-order valence-electron chi connectivity index (χ0n) is 7.87. The van der Waals surface area contributed by atoms with E-state index in [9.17, 15) is 17.2 Å². The Morgan fingerprint density at radius 2 is 2.13 bits per heavy atom. The van der Waals surface area contributed by atoms with E-state index in [1.54, 1.807) is 0 Å². The molecule has 1 aromatic rings. The monoisotopic (exact) mass is 237 g/mol. The third kappa shape index (κ3) is 1.63. The summed E-state index contributed by atoms with van der Waals surface area (Å²) < 4.78 is 48.3. The molecule has 0 saturated carbocycles. The summed E-state index contributed by atoms with van der Waals surface area (Å²) in [7, 11) is -3.71. The molecule has 0 aromatic carbocycles. The van der Waals surface area contributed by atoms with E-state index in [0.717, 1.165) is 6.26 Å². The van der Waals surface area contributed by atoms with Crippen LogP contribution < -0.4 is 5.32 Å². The topological polar surface area (TPSA) is 64.0 Å². The van der Waals surface area contributed by atoms with Crippen LogP contribution in [0.15, 0.2) is 5.16 Å². The fourth-order valence-corrected chi connectivity index (χ4v) is 2.40. The van der Waals surface area contributed by atoms with E-state index in [4.69, 9.17) is 0 Å². The lowest BCUT2D eigenvalue weighted by atomic mass is 10.4. The van der Waals surface area contributed by atoms with Crippen LogP contribution in [-0.2, 0) is 22.9 Å². The molecule has 0 bridgehead atoms. The lowest BCUT2D eigenvalue weighted by molar-refractivity contribution is 0.0573. The first-order chi connectivity index (χ1) is 6.91. The Kier molecular flexibility index (Phi) is 2.27. The maximum Gasteiger partial charge on any atom is 0.320 e. The molecule has 84 valence electrons. The maximum absolute atomic E-state index is 12.7. The summed E-state index contributed by atoms with van der Waals surface area (Å²) in [6, 6.07) is 0. The normalized spacial score (nSPS) is 16.0. The molecule has 2 rings (SSSR count). The molecule has 0 aliphatic carbocycles. The molecule has 0 radical (unpaired) electrons. The molecule has 0 atom stereocenters. The summed E-state index contributed by atoms with van der Waals surface area (Å²) in [6.45, 7) is -2.33. The molecule has 15 heavy (non-hydrogen) atoms. The second kappa shape index (κ2) is 3.24. The number of imidazole rings is 1. The first-order valence-corrected chi connectivity index (χ1v) is 6.09. The number of rotatable bonds is 2. The Morgan fingerprint density at radius 1 is 1.47 bits per heavy atom. The molecule has 0 unspecified atom stereocenters. The predicted octanol–water partition coefficient (Wildman–Crippen LogP) is 0.285. The highest BCUT2D eigenvalue weighted by Gasteiger charge is 2.29. The fraction of sp³-hybridized carbons (Fsp3) is 0.571. The number of nitrogens with one attached hydrogen (secondary N) is 1. The summed E-state index contributed by atoms with van der Waals surface area (Å²) in [5.74, 6) is 0. The average molecular weight is 237 g/mol. The van der Waals surface area contributed by atoms with Crippen LogP contribution >= 0.6 is 0 Å². The molecular formula is C7H9F2N3O2S. The van der Waals surface area contributed by atoms with Gasteiger partial charge in [0.2, 0.25) is 15.0 Å². The molecular weight excluding hydrogens is 228 g/mol. The van der Waals surface area contributed by atoms with Crippen molar-refractivity contribution in [3.05, 3.63) is 11.4 Å². The van der Waals surface area contributed by atoms with Crippen molar-refractivity contribution in [2.24, 2.45) is 0 Å². The zero-order valence-corrected chi connectivity index (χ0v) is 8.68. The summed E-state index contributed by atoms with van der Waals surface area (Å²) >= 11 is 0. The van der Waals surface area contributed by atoms with E-state index in [1.165, 1.54) is 0 Å². The molecule has 0 fully saturated rings. The minimum Gasteiger partial charge on any atom is -0.305 e. The molecule has 0 spiro atoms. The SMILES string of the molecule is CS(=O)(=O)c1nc2c(n1C(F)F)CNC2. The number of hydrogen-bond acceptors (Lipinski definition) is 4. The van der Waals surface area contributed by atoms with Crippen LogP contribution in [-0.4, -0.2) is 24.2 Å². The van der Waals surface area contributed by atoms with Crippen molar-refractivity contribution in [2.75, 3.05) is 6.26 Å². The number of alkyl halides is 2. The van der Waals surface area contributed by atoms with Gasteiger partial charge in [0, 0.05) is 19.3 Å². The number of aromatic nitrogens is 2. The smallest absolute Gasteiger partial charge is 0.305 e. The highest BCUT2D eigenvalue weighted by molar-refractivity contribution is 7.90. The largest absolute Gasteiger partial charge is 0.320 e. The molecule has 2 heterocycles. The van der Waals surface area contributed by atoms with Crippen molar-refractivity contribution < 1.29 is 17.2 Å². The highest BCUT2D eigenvalue weighted by Crippen LogP contribution is 2.26. The van der Waals surface area contributed by atoms with Gasteiger partial charge in [-0.05, 0) is 0 Å². The first-order valence-electron chi connectivity index (χ1n) is 4.20. The quantitative estimate of drug-likeness (QED) is 0.802. The van der Waals surface area contributed by atoms with Crippen LogP contribution in [0.5, 0.6) is 0 Å². The Balaban J connectivity index is 2.67. The second-order valence-electron chi connectivity index (χ2n) is 3.31. The predicted molar refractivity (Wildman–Crippen MR) is 47.1 cm³/mol. The lowest BCUT2D eigenvalue weighted by Gasteiger charge is -2.07. The molecule has 1 aliphatic heterocycles. The van der Waals surface area contributed by atoms with Crippen LogP contribution in [0, 0.1) is 0 Å². The third-order valence-electron chi connectivity index (χ3n) is 2.17. The first kappa shape index (κ1) is 10.5. The molecule has 0 saturated heterocycles. The number of hydrogen-bond donors (Lipinski definition) is 1. The minimum atomic E-state index is -3.71. The maximum atomic E-state index is 12.7. The molecule has 1 N–H and O–H groups in total. The Labute approximate surface area is 85.0 Å². The van der Waals surface area contributed by atoms with Crippen molar-refractivity contribution in [3.63, 3.8) is 0 Å². The van der Waals surface area contributed by atoms with E-state index in [1.807, 2.05) is 0 Å². The van der Waals surface area contributed by atoms with Gasteiger partial charge in [0.1, 0.15) is 0 Å². The van der Waals surface area contributed by atoms with E-state index >= 15 is 0 Å². The molecule has 5 nitrogen and oxygen atoms in total. The van der Waals surface area contributed by atoms with Gasteiger partial charge in [-0.3, -0.25) is 4.57 Å². The van der Waals surface area contributed by atoms with Crippen molar-refractivity contribution in [1.29, 1.82) is 0 Å². The summed E-state index contributed by atoms with van der Waals surface area (Å²) in [4.78, 5) is 3.72. The van der Waals surface area contributed by atoms with Crippen molar-refractivity contribution in [3.8, 4) is 0 Å². The standard InChI is InChI=1S/C7H9F2N3O2S/c1-15(13,14)7-11-4-2-10-3-5(4)12(7)6(8)9/h6,10H,2-3H2,1H3. The van der Waals surface area contributed by atoms with Gasteiger partial charge in [-0.15, -0.1) is 0 Å². The van der Waals surface area contributed by atoms with Gasteiger partial charge in [-0.2, -0.15) is 8.78 Å². The van der Waals surface area contributed by atoms with Crippen molar-refractivity contribution >= 4 is 9.84 Å². The van der Waals surface area contributed by atoms with Crippen LogP contribution in [0.25, 0.3) is 0 Å². The van der Waals surface area contributed by atoms with Gasteiger partial charge in [-0.25, -0.2) is 13.4 Å². The second-order valence-corrected chi connectivity index (χ2v) is 5.22. The van der Waals surface area contributed by atoms with Gasteiger partial charge >= 0.3 is 6.55 Å². The van der Waals surface area contributed by atoms with Crippen LogP contribution in [0.1, 0.15) is 17.9 Å². The van der Waals surface area contributed by atoms with Gasteiger partial charge in [0.05, 0.1) is 11.4 Å². The summed E-state index contributed by atoms with van der Waals surface area (Å²) in [6.07, 6.45) is 0.872. The van der Waals surface area contributed by atoms with Crippen molar-refractivity contribution in [1.82, 2.24) is 14.9 Å². The number of sulfone groups is 1. The molecule has 1 aromatic heterocycles. The fourth-order valence-electron chi connectivity index (χ4n) is 1.58. The summed E-state index contributed by atoms with van der Waals surface area (Å²) in [5, 5.41) is 2.28. The van der Waals surface area contributed by atoms with Crippen LogP contribution in [0.4, 0.5) is 8.78 Å². The minimum absolute atomic E-state index is 0.224. The zero-order chi connectivity index (χ0) is 11.2. The van der Waals surface area contributed by atoms with Crippen LogP contribution in [0.3, 0.4) is 0 Å². The van der Waals surface area contributed by atoms with Gasteiger partial charge in [-0.1, -0.05) is 0 Å². The Bertz CT molecular complexity index is 495. The van der Waals surface area contributed by atoms with E-state index in [-0.39, 0.29) is 12.2 Å². The third-order valence-corrected chi connectivity index (χ3v) is 3.12. The van der Waals surface area contributed by atoms with Gasteiger partial charge < -0.3 is 5.32 Å². The van der Waals surface area contributed by atoms with E-state index < -0.39 is 21.5 Å². The summed E-state index contributed by atoms with van der Waals surface area (Å²) in [5.41, 5.74) is 0.640. The van der Waals surface area contributed by atoms with Gasteiger partial charge in [0.15, 0.2) is 0 Å². The van der Waals surface area contributed by atoms with Gasteiger partial charge in [0.25, 0.3) is 0 Å². The highest BCUT2D eigenvalue weighted by atomic mass is 32.2. The Morgan fingerprint density at radius 3 is 2.67 bits per heavy atom. The Hall–Kier alpha value is -1.02. The lowest BCUT2D eigenvalue weighted by Crippen LogP contribution is -2.14. The molecule has 0 amide bonds. The number of fused-ring (bicyclic) bond motifs is 1. The number of halogens is 2. The van der Waals surface area contributed by atoms with E-state index in [0.29, 0.717) is 16.8 Å². The molecule has 1 aliphatic rings. The number of nitrogens with zero attached hydrogens (tertiary/aromatic N) is 2. The molecule has 8 heteroatoms. The van der Waals surface area contributed by atoms with Crippen molar-refractivity contribution in [2.45, 2.75) is 24.8 Å². The average Bonchev–Trinajstić information content (AvgIpc) is 2.56.